The summed E-state index contributed by atoms with van der Waals surface area (Å²) in [4.78, 5) is 0. The lowest BCUT2D eigenvalue weighted by Gasteiger charge is -2.22. The summed E-state index contributed by atoms with van der Waals surface area (Å²) in [7, 11) is -3.33. The Morgan fingerprint density at radius 2 is 2.05 bits per heavy atom. The van der Waals surface area contributed by atoms with E-state index in [1.165, 1.54) is 0 Å². The van der Waals surface area contributed by atoms with Crippen LogP contribution in [0.3, 0.4) is 0 Å². The predicted octanol–water partition coefficient (Wildman–Crippen LogP) is 1.60. The van der Waals surface area contributed by atoms with Gasteiger partial charge in [-0.3, -0.25) is 9.40 Å². The van der Waals surface area contributed by atoms with Crippen molar-refractivity contribution in [3.05, 3.63) is 12.4 Å². The molecule has 1 aliphatic heterocycles. The fourth-order valence-electron chi connectivity index (χ4n) is 2.45. The van der Waals surface area contributed by atoms with Crippen LogP contribution in [0.25, 0.3) is 0 Å². The third-order valence-electron chi connectivity index (χ3n) is 3.18. The fourth-order valence-corrected chi connectivity index (χ4v) is 4.12. The van der Waals surface area contributed by atoms with Gasteiger partial charge in [-0.15, -0.1) is 0 Å². The molecule has 0 amide bonds. The van der Waals surface area contributed by atoms with Crippen molar-refractivity contribution >= 4 is 15.7 Å². The van der Waals surface area contributed by atoms with Crippen LogP contribution in [0.1, 0.15) is 39.7 Å². The van der Waals surface area contributed by atoms with Gasteiger partial charge in [0.1, 0.15) is 0 Å². The first-order valence-electron chi connectivity index (χ1n) is 7.01. The Morgan fingerprint density at radius 3 is 2.65 bits per heavy atom. The third-order valence-corrected chi connectivity index (χ3v) is 4.97. The van der Waals surface area contributed by atoms with Crippen LogP contribution in [0.4, 0.5) is 5.69 Å². The SMILES string of the molecule is CC(C)(C)CS(=O)(=O)Nc1cnn(C2CCNCC2)c1. The first kappa shape index (κ1) is 15.3. The standard InChI is InChI=1S/C13H24N4O2S/c1-13(2,3)10-20(18,19)16-11-8-15-17(9-11)12-4-6-14-7-5-12/h8-9,12,14,16H,4-7,10H2,1-3H3. The molecule has 20 heavy (non-hydrogen) atoms. The van der Waals surface area contributed by atoms with Crippen LogP contribution in [-0.2, 0) is 10.0 Å². The van der Waals surface area contributed by atoms with Gasteiger partial charge < -0.3 is 5.32 Å². The molecule has 0 aromatic carbocycles. The smallest absolute Gasteiger partial charge is 0.233 e. The number of hydrogen-bond acceptors (Lipinski definition) is 4. The van der Waals surface area contributed by atoms with Crippen LogP contribution < -0.4 is 10.0 Å². The molecule has 0 saturated carbocycles. The fraction of sp³-hybridized carbons (Fsp3) is 0.769. The van der Waals surface area contributed by atoms with E-state index in [2.05, 4.69) is 15.1 Å². The Balaban J connectivity index is 2.02. The van der Waals surface area contributed by atoms with Crippen molar-refractivity contribution in [1.29, 1.82) is 0 Å². The molecule has 1 saturated heterocycles. The zero-order valence-corrected chi connectivity index (χ0v) is 13.2. The van der Waals surface area contributed by atoms with E-state index in [-0.39, 0.29) is 11.2 Å². The maximum absolute atomic E-state index is 12.0. The summed E-state index contributed by atoms with van der Waals surface area (Å²) < 4.78 is 28.6. The summed E-state index contributed by atoms with van der Waals surface area (Å²) in [6, 6.07) is 0.358. The Bertz CT molecular complexity index is 539. The molecule has 0 atom stereocenters. The quantitative estimate of drug-likeness (QED) is 0.885. The van der Waals surface area contributed by atoms with E-state index in [0.717, 1.165) is 25.9 Å². The molecule has 2 heterocycles. The summed E-state index contributed by atoms with van der Waals surface area (Å²) in [5.74, 6) is 0.0958. The van der Waals surface area contributed by atoms with Crippen LogP contribution >= 0.6 is 0 Å². The second kappa shape index (κ2) is 5.73. The summed E-state index contributed by atoms with van der Waals surface area (Å²) in [6.07, 6.45) is 5.42. The van der Waals surface area contributed by atoms with Crippen LogP contribution in [0.2, 0.25) is 0 Å². The molecule has 0 unspecified atom stereocenters. The minimum absolute atomic E-state index is 0.0958. The molecule has 0 spiro atoms. The number of sulfonamides is 1. The minimum atomic E-state index is -3.33. The highest BCUT2D eigenvalue weighted by Gasteiger charge is 2.22. The molecular weight excluding hydrogens is 276 g/mol. The van der Waals surface area contributed by atoms with Crippen molar-refractivity contribution in [3.8, 4) is 0 Å². The average molecular weight is 300 g/mol. The average Bonchev–Trinajstić information content (AvgIpc) is 2.74. The van der Waals surface area contributed by atoms with Gasteiger partial charge in [-0.2, -0.15) is 5.10 Å². The molecule has 1 fully saturated rings. The molecule has 114 valence electrons. The summed E-state index contributed by atoms with van der Waals surface area (Å²) >= 11 is 0. The van der Waals surface area contributed by atoms with E-state index in [1.54, 1.807) is 12.4 Å². The number of rotatable bonds is 4. The number of hydrogen-bond donors (Lipinski definition) is 2. The monoisotopic (exact) mass is 300 g/mol. The lowest BCUT2D eigenvalue weighted by atomic mass is 10.0. The zero-order chi connectivity index (χ0) is 14.8. The van der Waals surface area contributed by atoms with Crippen LogP contribution in [0.5, 0.6) is 0 Å². The van der Waals surface area contributed by atoms with Crippen molar-refractivity contribution in [2.75, 3.05) is 23.6 Å². The van der Waals surface area contributed by atoms with Crippen LogP contribution in [0, 0.1) is 5.41 Å². The number of nitrogens with zero attached hydrogens (tertiary/aromatic N) is 2. The predicted molar refractivity (Wildman–Crippen MR) is 80.2 cm³/mol. The molecule has 2 N–H and O–H groups in total. The van der Waals surface area contributed by atoms with Crippen molar-refractivity contribution < 1.29 is 8.42 Å². The lowest BCUT2D eigenvalue weighted by molar-refractivity contribution is 0.343. The molecule has 1 aromatic rings. The lowest BCUT2D eigenvalue weighted by Crippen LogP contribution is -2.29. The van der Waals surface area contributed by atoms with Crippen molar-refractivity contribution in [2.24, 2.45) is 5.41 Å². The highest BCUT2D eigenvalue weighted by atomic mass is 32.2. The maximum Gasteiger partial charge on any atom is 0.233 e. The molecular formula is C13H24N4O2S. The summed E-state index contributed by atoms with van der Waals surface area (Å²) in [5, 5.41) is 7.59. The van der Waals surface area contributed by atoms with E-state index in [0.29, 0.717) is 11.7 Å². The maximum atomic E-state index is 12.0. The van der Waals surface area contributed by atoms with Crippen LogP contribution in [0.15, 0.2) is 12.4 Å². The molecule has 7 heteroatoms. The summed E-state index contributed by atoms with van der Waals surface area (Å²) in [6.45, 7) is 7.69. The normalized spacial score (nSPS) is 18.1. The van der Waals surface area contributed by atoms with E-state index >= 15 is 0 Å². The number of aromatic nitrogens is 2. The molecule has 0 aliphatic carbocycles. The van der Waals surface area contributed by atoms with Gasteiger partial charge in [-0.1, -0.05) is 20.8 Å². The van der Waals surface area contributed by atoms with Crippen molar-refractivity contribution in [3.63, 3.8) is 0 Å². The Hall–Kier alpha value is -1.08. The van der Waals surface area contributed by atoms with Gasteiger partial charge in [-0.25, -0.2) is 8.42 Å². The van der Waals surface area contributed by atoms with Gasteiger partial charge in [0.2, 0.25) is 10.0 Å². The van der Waals surface area contributed by atoms with Gasteiger partial charge in [0.15, 0.2) is 0 Å². The highest BCUT2D eigenvalue weighted by Crippen LogP contribution is 2.21. The topological polar surface area (TPSA) is 76.0 Å². The molecule has 0 radical (unpaired) electrons. The molecule has 1 aliphatic rings. The van der Waals surface area contributed by atoms with Gasteiger partial charge in [0, 0.05) is 6.20 Å². The van der Waals surface area contributed by atoms with Gasteiger partial charge in [0.05, 0.1) is 23.7 Å². The Morgan fingerprint density at radius 1 is 1.40 bits per heavy atom. The zero-order valence-electron chi connectivity index (χ0n) is 12.4. The third kappa shape index (κ3) is 4.49. The van der Waals surface area contributed by atoms with E-state index in [4.69, 9.17) is 0 Å². The van der Waals surface area contributed by atoms with Gasteiger partial charge in [0.25, 0.3) is 0 Å². The first-order valence-corrected chi connectivity index (χ1v) is 8.66. The van der Waals surface area contributed by atoms with Crippen molar-refractivity contribution in [1.82, 2.24) is 15.1 Å². The van der Waals surface area contributed by atoms with E-state index < -0.39 is 10.0 Å². The summed E-state index contributed by atoms with van der Waals surface area (Å²) in [5.41, 5.74) is 0.282. The molecule has 1 aromatic heterocycles. The second-order valence-corrected chi connectivity index (χ2v) is 8.33. The molecule has 2 rings (SSSR count). The van der Waals surface area contributed by atoms with E-state index in [1.807, 2.05) is 25.5 Å². The molecule has 0 bridgehead atoms. The van der Waals surface area contributed by atoms with Gasteiger partial charge in [-0.05, 0) is 31.3 Å². The van der Waals surface area contributed by atoms with Gasteiger partial charge >= 0.3 is 0 Å². The number of nitrogens with one attached hydrogen (secondary N) is 2. The largest absolute Gasteiger partial charge is 0.317 e. The van der Waals surface area contributed by atoms with Crippen LogP contribution in [-0.4, -0.2) is 37.0 Å². The second-order valence-electron chi connectivity index (χ2n) is 6.61. The van der Waals surface area contributed by atoms with Crippen molar-refractivity contribution in [2.45, 2.75) is 39.7 Å². The Kier molecular flexibility index (Phi) is 4.39. The first-order chi connectivity index (χ1) is 9.25. The number of piperidine rings is 1. The highest BCUT2D eigenvalue weighted by molar-refractivity contribution is 7.92. The minimum Gasteiger partial charge on any atom is -0.317 e. The number of anilines is 1. The molecule has 6 nitrogen and oxygen atoms in total. The Labute approximate surface area is 121 Å². The van der Waals surface area contributed by atoms with E-state index in [9.17, 15) is 8.42 Å².